The molecule has 2 amide bonds. The van der Waals surface area contributed by atoms with Gasteiger partial charge < -0.3 is 14.8 Å². The average molecular weight is 263 g/mol. The van der Waals surface area contributed by atoms with Crippen molar-refractivity contribution in [1.82, 2.24) is 14.8 Å². The van der Waals surface area contributed by atoms with Crippen molar-refractivity contribution in [1.29, 1.82) is 0 Å². The molecule has 19 heavy (non-hydrogen) atoms. The number of aromatic nitrogens is 1. The molecular weight excluding hydrogens is 242 g/mol. The van der Waals surface area contributed by atoms with Crippen molar-refractivity contribution >= 4 is 11.8 Å². The summed E-state index contributed by atoms with van der Waals surface area (Å²) < 4.78 is 0. The first kappa shape index (κ1) is 13.6. The lowest BCUT2D eigenvalue weighted by atomic mass is 10.2. The molecule has 0 aliphatic carbocycles. The van der Waals surface area contributed by atoms with E-state index in [0.29, 0.717) is 25.9 Å². The molecule has 0 saturated carbocycles. The van der Waals surface area contributed by atoms with Gasteiger partial charge in [0.15, 0.2) is 0 Å². The summed E-state index contributed by atoms with van der Waals surface area (Å²) in [4.78, 5) is 30.5. The van der Waals surface area contributed by atoms with Gasteiger partial charge >= 0.3 is 0 Å². The molecule has 1 saturated heterocycles. The topological polar surface area (TPSA) is 56.4 Å². The summed E-state index contributed by atoms with van der Waals surface area (Å²) in [7, 11) is 0. The van der Waals surface area contributed by atoms with E-state index in [1.54, 1.807) is 0 Å². The zero-order valence-electron chi connectivity index (χ0n) is 11.4. The molecule has 1 aromatic heterocycles. The maximum atomic E-state index is 12.2. The molecule has 0 radical (unpaired) electrons. The Morgan fingerprint density at radius 1 is 1.16 bits per heavy atom. The summed E-state index contributed by atoms with van der Waals surface area (Å²) in [5.74, 6) is 0.324. The number of aromatic amines is 1. The number of amides is 2. The van der Waals surface area contributed by atoms with Gasteiger partial charge in [-0.3, -0.25) is 9.59 Å². The first-order chi connectivity index (χ1) is 9.20. The fourth-order valence-corrected chi connectivity index (χ4v) is 2.39. The van der Waals surface area contributed by atoms with Crippen LogP contribution >= 0.6 is 0 Å². The summed E-state index contributed by atoms with van der Waals surface area (Å²) in [5.41, 5.74) is 1.01. The van der Waals surface area contributed by atoms with Crippen molar-refractivity contribution in [2.45, 2.75) is 26.2 Å². The van der Waals surface area contributed by atoms with E-state index in [-0.39, 0.29) is 11.8 Å². The molecule has 5 heteroatoms. The van der Waals surface area contributed by atoms with Crippen LogP contribution in [0.4, 0.5) is 0 Å². The van der Waals surface area contributed by atoms with Gasteiger partial charge in [0, 0.05) is 45.0 Å². The van der Waals surface area contributed by atoms with Gasteiger partial charge in [0.2, 0.25) is 11.8 Å². The molecule has 5 nitrogen and oxygen atoms in total. The highest BCUT2D eigenvalue weighted by Crippen LogP contribution is 2.08. The fourth-order valence-electron chi connectivity index (χ4n) is 2.39. The summed E-state index contributed by atoms with van der Waals surface area (Å²) in [6.07, 6.45) is 5.52. The molecule has 104 valence electrons. The quantitative estimate of drug-likeness (QED) is 0.885. The lowest BCUT2D eigenvalue weighted by molar-refractivity contribution is -0.133. The second-order valence-corrected chi connectivity index (χ2v) is 4.86. The van der Waals surface area contributed by atoms with Gasteiger partial charge in [-0.05, 0) is 18.1 Å². The molecular formula is C14H21N3O2. The zero-order chi connectivity index (χ0) is 13.7. The summed E-state index contributed by atoms with van der Waals surface area (Å²) in [5, 5.41) is 0. The lowest BCUT2D eigenvalue weighted by Crippen LogP contribution is -2.37. The van der Waals surface area contributed by atoms with Gasteiger partial charge in [-0.25, -0.2) is 0 Å². The van der Waals surface area contributed by atoms with Crippen molar-refractivity contribution < 1.29 is 9.59 Å². The Kier molecular flexibility index (Phi) is 4.60. The van der Waals surface area contributed by atoms with Crippen LogP contribution in [0, 0.1) is 0 Å². The number of carbonyl (C=O) groups is 2. The van der Waals surface area contributed by atoms with E-state index >= 15 is 0 Å². The van der Waals surface area contributed by atoms with E-state index < -0.39 is 0 Å². The zero-order valence-corrected chi connectivity index (χ0v) is 11.4. The van der Waals surface area contributed by atoms with Crippen molar-refractivity contribution in [3.8, 4) is 0 Å². The Bertz CT molecular complexity index is 428. The third kappa shape index (κ3) is 3.59. The fraction of sp³-hybridized carbons (Fsp3) is 0.571. The average Bonchev–Trinajstić information content (AvgIpc) is 2.79. The highest BCUT2D eigenvalue weighted by atomic mass is 16.2. The number of hydrogen-bond donors (Lipinski definition) is 1. The van der Waals surface area contributed by atoms with Crippen LogP contribution in [-0.4, -0.2) is 52.8 Å². The molecule has 0 spiro atoms. The van der Waals surface area contributed by atoms with Crippen LogP contribution < -0.4 is 0 Å². The second kappa shape index (κ2) is 6.41. The number of rotatable bonds is 3. The number of nitrogens with zero attached hydrogens (tertiary/aromatic N) is 2. The monoisotopic (exact) mass is 263 g/mol. The van der Waals surface area contributed by atoms with Gasteiger partial charge in [0.05, 0.1) is 6.42 Å². The van der Waals surface area contributed by atoms with E-state index in [1.165, 1.54) is 0 Å². The predicted molar refractivity (Wildman–Crippen MR) is 72.6 cm³/mol. The molecule has 0 aromatic carbocycles. The second-order valence-electron chi connectivity index (χ2n) is 4.86. The molecule has 0 atom stereocenters. The van der Waals surface area contributed by atoms with Gasteiger partial charge in [0.1, 0.15) is 0 Å². The molecule has 2 rings (SSSR count). The minimum atomic E-state index is 0.144. The molecule has 1 aliphatic heterocycles. The van der Waals surface area contributed by atoms with Gasteiger partial charge in [-0.1, -0.05) is 6.92 Å². The highest BCUT2D eigenvalue weighted by molar-refractivity contribution is 5.79. The Morgan fingerprint density at radius 2 is 1.84 bits per heavy atom. The Labute approximate surface area is 113 Å². The van der Waals surface area contributed by atoms with Gasteiger partial charge in [-0.15, -0.1) is 0 Å². The van der Waals surface area contributed by atoms with Crippen LogP contribution in [0.2, 0.25) is 0 Å². The number of nitrogens with one attached hydrogen (secondary N) is 1. The third-order valence-electron chi connectivity index (χ3n) is 3.52. The van der Waals surface area contributed by atoms with Gasteiger partial charge in [-0.2, -0.15) is 0 Å². The van der Waals surface area contributed by atoms with E-state index in [9.17, 15) is 9.59 Å². The molecule has 1 N–H and O–H groups in total. The normalized spacial score (nSPS) is 16.3. The number of H-pyrrole nitrogens is 1. The molecule has 0 bridgehead atoms. The van der Waals surface area contributed by atoms with Gasteiger partial charge in [0.25, 0.3) is 0 Å². The minimum Gasteiger partial charge on any atom is -0.367 e. The molecule has 0 unspecified atom stereocenters. The lowest BCUT2D eigenvalue weighted by Gasteiger charge is -2.21. The van der Waals surface area contributed by atoms with Crippen LogP contribution in [0.5, 0.6) is 0 Å². The Morgan fingerprint density at radius 3 is 2.42 bits per heavy atom. The first-order valence-electron chi connectivity index (χ1n) is 6.88. The van der Waals surface area contributed by atoms with Crippen LogP contribution in [0.1, 0.15) is 25.3 Å². The molecule has 1 aromatic rings. The predicted octanol–water partition coefficient (Wildman–Crippen LogP) is 1.03. The molecule has 1 aliphatic rings. The van der Waals surface area contributed by atoms with Crippen LogP contribution in [0.25, 0.3) is 0 Å². The van der Waals surface area contributed by atoms with Crippen LogP contribution in [-0.2, 0) is 16.0 Å². The van der Waals surface area contributed by atoms with E-state index in [1.807, 2.05) is 35.2 Å². The third-order valence-corrected chi connectivity index (χ3v) is 3.52. The maximum Gasteiger partial charge on any atom is 0.227 e. The summed E-state index contributed by atoms with van der Waals surface area (Å²) in [6, 6.07) is 1.92. The molecule has 2 heterocycles. The first-order valence-corrected chi connectivity index (χ1v) is 6.88. The van der Waals surface area contributed by atoms with E-state index in [2.05, 4.69) is 4.98 Å². The Balaban J connectivity index is 1.88. The van der Waals surface area contributed by atoms with Crippen molar-refractivity contribution in [3.63, 3.8) is 0 Å². The largest absolute Gasteiger partial charge is 0.367 e. The Hall–Kier alpha value is -1.78. The number of carbonyl (C=O) groups excluding carboxylic acids is 2. The van der Waals surface area contributed by atoms with Crippen molar-refractivity contribution in [2.24, 2.45) is 0 Å². The molecule has 1 fully saturated rings. The minimum absolute atomic E-state index is 0.144. The summed E-state index contributed by atoms with van der Waals surface area (Å²) in [6.45, 7) is 4.69. The SMILES string of the molecule is CCC(=O)N1CCCN(C(=O)Cc2cc[nH]c2)CC1. The van der Waals surface area contributed by atoms with Crippen molar-refractivity contribution in [2.75, 3.05) is 26.2 Å². The summed E-state index contributed by atoms with van der Waals surface area (Å²) >= 11 is 0. The number of hydrogen-bond acceptors (Lipinski definition) is 2. The van der Waals surface area contributed by atoms with Crippen LogP contribution in [0.3, 0.4) is 0 Å². The maximum absolute atomic E-state index is 12.2. The van der Waals surface area contributed by atoms with E-state index in [0.717, 1.165) is 25.1 Å². The van der Waals surface area contributed by atoms with E-state index in [4.69, 9.17) is 0 Å². The standard InChI is InChI=1S/C14H21N3O2/c1-2-13(18)16-6-3-7-17(9-8-16)14(19)10-12-4-5-15-11-12/h4-5,11,15H,2-3,6-10H2,1H3. The smallest absolute Gasteiger partial charge is 0.227 e. The van der Waals surface area contributed by atoms with Crippen LogP contribution in [0.15, 0.2) is 18.5 Å². The highest BCUT2D eigenvalue weighted by Gasteiger charge is 2.21. The van der Waals surface area contributed by atoms with Crippen molar-refractivity contribution in [3.05, 3.63) is 24.0 Å².